The highest BCUT2D eigenvalue weighted by Crippen LogP contribution is 2.70. The highest BCUT2D eigenvalue weighted by atomic mass is 19.4. The summed E-state index contributed by atoms with van der Waals surface area (Å²) in [5, 5.41) is 12.9. The molecule has 1 heterocycles. The van der Waals surface area contributed by atoms with Crippen molar-refractivity contribution in [2.45, 2.75) is 97.6 Å². The van der Waals surface area contributed by atoms with Gasteiger partial charge < -0.3 is 15.2 Å². The average Bonchev–Trinajstić information content (AvgIpc) is 3.13. The number of phenols is 1. The summed E-state index contributed by atoms with van der Waals surface area (Å²) < 4.78 is 47.0. The SMILES string of the molecule is CC(C)C(F)(F)F.CC=O.C[C@@H]1N=C(C23CC(N(C)Cc4ccc(O)c(F)c4)(C2)C3)NC1(C)C.Cc1ccccc1.O=C=O. The molecule has 2 bridgehead atoms. The lowest BCUT2D eigenvalue weighted by atomic mass is 9.38. The number of alkyl halides is 3. The number of aromatic hydroxyl groups is 1. The van der Waals surface area contributed by atoms with E-state index in [2.05, 4.69) is 57.1 Å². The van der Waals surface area contributed by atoms with Crippen LogP contribution in [0.15, 0.2) is 53.5 Å². The molecule has 1 atom stereocenters. The third-order valence-corrected chi connectivity index (χ3v) is 8.15. The number of carbonyl (C=O) groups is 1. The lowest BCUT2D eigenvalue weighted by Crippen LogP contribution is -2.77. The van der Waals surface area contributed by atoms with E-state index in [1.807, 2.05) is 18.2 Å². The minimum Gasteiger partial charge on any atom is -0.505 e. The van der Waals surface area contributed by atoms with Crippen LogP contribution in [0, 0.1) is 24.1 Å². The Hall–Kier alpha value is -3.56. The van der Waals surface area contributed by atoms with Crippen LogP contribution in [0.1, 0.15) is 71.9 Å². The normalized spacial score (nSPS) is 23.5. The summed E-state index contributed by atoms with van der Waals surface area (Å²) in [5.74, 6) is -0.831. The Balaban J connectivity index is 0.000000396. The third-order valence-electron chi connectivity index (χ3n) is 8.15. The van der Waals surface area contributed by atoms with Gasteiger partial charge in [0.2, 0.25) is 0 Å². The largest absolute Gasteiger partial charge is 0.505 e. The molecule has 0 aromatic heterocycles. The fourth-order valence-corrected chi connectivity index (χ4v) is 5.08. The van der Waals surface area contributed by atoms with Crippen LogP contribution in [-0.2, 0) is 20.9 Å². The Morgan fingerprint density at radius 2 is 1.59 bits per heavy atom. The molecule has 6 rings (SSSR count). The molecule has 2 aromatic rings. The van der Waals surface area contributed by atoms with E-state index in [0.717, 1.165) is 45.0 Å². The molecule has 244 valence electrons. The van der Waals surface area contributed by atoms with Crippen molar-refractivity contribution in [2.24, 2.45) is 16.3 Å². The number of aliphatic imine (C=N–C) groups is 1. The number of nitrogens with zero attached hydrogens (tertiary/aromatic N) is 2. The maximum Gasteiger partial charge on any atom is 0.391 e. The number of hydrogen-bond acceptors (Lipinski definition) is 7. The van der Waals surface area contributed by atoms with Gasteiger partial charge in [0.05, 0.1) is 11.6 Å². The predicted octanol–water partition coefficient (Wildman–Crippen LogP) is 6.88. The van der Waals surface area contributed by atoms with Crippen molar-refractivity contribution in [2.75, 3.05) is 7.05 Å². The van der Waals surface area contributed by atoms with Gasteiger partial charge in [-0.3, -0.25) is 9.89 Å². The fraction of sp³-hybridized carbons (Fsp3) is 0.545. The summed E-state index contributed by atoms with van der Waals surface area (Å²) in [6.07, 6.45) is 0.392. The van der Waals surface area contributed by atoms with Crippen molar-refractivity contribution in [1.29, 1.82) is 0 Å². The zero-order valence-corrected chi connectivity index (χ0v) is 26.8. The van der Waals surface area contributed by atoms with Crippen LogP contribution in [0.2, 0.25) is 0 Å². The number of carbonyl (C=O) groups excluding carboxylic acids is 3. The third kappa shape index (κ3) is 10.3. The molecule has 7 nitrogen and oxygen atoms in total. The fourth-order valence-electron chi connectivity index (χ4n) is 5.08. The molecule has 3 aliphatic carbocycles. The highest BCUT2D eigenvalue weighted by molar-refractivity contribution is 5.94. The van der Waals surface area contributed by atoms with E-state index >= 15 is 0 Å². The van der Waals surface area contributed by atoms with Crippen LogP contribution in [-0.4, -0.2) is 58.6 Å². The summed E-state index contributed by atoms with van der Waals surface area (Å²) in [6, 6.07) is 15.2. The molecule has 3 saturated carbocycles. The minimum absolute atomic E-state index is 0.0490. The Morgan fingerprint density at radius 3 is 1.93 bits per heavy atom. The molecular formula is C33H45F4N3O4. The second-order valence-electron chi connectivity index (χ2n) is 12.3. The number of amidine groups is 1. The second-order valence-corrected chi connectivity index (χ2v) is 12.3. The first-order valence-electron chi connectivity index (χ1n) is 14.4. The van der Waals surface area contributed by atoms with E-state index in [4.69, 9.17) is 19.4 Å². The molecule has 11 heteroatoms. The standard InChI is InChI=1S/C19H26FN3O.C7H8.C4H7F3.C2H4O.CO2/c1-12-17(2,3)22-16(21-12)18-9-19(10-18,11-18)23(4)8-13-5-6-15(24)14(20)7-13;1-7-5-3-2-4-6-7;1-3(2)4(5,6)7;1-2-3;2-1-3/h5-7,12,24H,8-11H2,1-4H3,(H,21,22);2-6H,1H3;3H,1-2H3;2H,1H3;/t12-,18?,19?;;;;/m0..../s1. The van der Waals surface area contributed by atoms with E-state index in [1.165, 1.54) is 30.5 Å². The Morgan fingerprint density at radius 1 is 1.11 bits per heavy atom. The molecule has 0 spiro atoms. The van der Waals surface area contributed by atoms with Crippen LogP contribution < -0.4 is 5.32 Å². The Labute approximate surface area is 257 Å². The Bertz CT molecular complexity index is 1250. The van der Waals surface area contributed by atoms with Crippen LogP contribution in [0.3, 0.4) is 0 Å². The molecule has 2 N–H and O–H groups in total. The zero-order valence-electron chi connectivity index (χ0n) is 26.8. The predicted molar refractivity (Wildman–Crippen MR) is 161 cm³/mol. The van der Waals surface area contributed by atoms with E-state index < -0.39 is 17.9 Å². The summed E-state index contributed by atoms with van der Waals surface area (Å²) >= 11 is 0. The molecule has 0 unspecified atom stereocenters. The smallest absolute Gasteiger partial charge is 0.391 e. The summed E-state index contributed by atoms with van der Waals surface area (Å²) in [7, 11) is 2.12. The quantitative estimate of drug-likeness (QED) is 0.285. The number of rotatable bonds is 4. The van der Waals surface area contributed by atoms with Crippen molar-refractivity contribution in [1.82, 2.24) is 10.2 Å². The number of benzene rings is 2. The van der Waals surface area contributed by atoms with Gasteiger partial charge in [0, 0.05) is 23.4 Å². The van der Waals surface area contributed by atoms with Gasteiger partial charge in [-0.05, 0) is 78.6 Å². The summed E-state index contributed by atoms with van der Waals surface area (Å²) in [4.78, 5) is 32.3. The summed E-state index contributed by atoms with van der Waals surface area (Å²) in [5.41, 5.74) is 2.75. The molecule has 44 heavy (non-hydrogen) atoms. The number of aryl methyl sites for hydroxylation is 1. The van der Waals surface area contributed by atoms with E-state index in [-0.39, 0.29) is 28.4 Å². The van der Waals surface area contributed by atoms with Gasteiger partial charge in [0.15, 0.2) is 11.6 Å². The number of halogens is 4. The van der Waals surface area contributed by atoms with E-state index in [1.54, 1.807) is 6.07 Å². The monoisotopic (exact) mass is 623 g/mol. The van der Waals surface area contributed by atoms with E-state index in [0.29, 0.717) is 12.6 Å². The first-order chi connectivity index (χ1) is 20.3. The molecule has 0 radical (unpaired) electrons. The van der Waals surface area contributed by atoms with Crippen molar-refractivity contribution >= 4 is 18.3 Å². The number of hydrogen-bond donors (Lipinski definition) is 2. The molecule has 0 amide bonds. The number of nitrogens with one attached hydrogen (secondary N) is 1. The topological polar surface area (TPSA) is 99.1 Å². The molecular weight excluding hydrogens is 578 g/mol. The van der Waals surface area contributed by atoms with Gasteiger partial charge in [0.25, 0.3) is 0 Å². The summed E-state index contributed by atoms with van der Waals surface area (Å²) in [6.45, 7) is 13.1. The van der Waals surface area contributed by atoms with Crippen LogP contribution >= 0.6 is 0 Å². The van der Waals surface area contributed by atoms with Gasteiger partial charge in [-0.15, -0.1) is 0 Å². The maximum absolute atomic E-state index is 13.5. The van der Waals surface area contributed by atoms with Crippen LogP contribution in [0.4, 0.5) is 17.6 Å². The average molecular weight is 624 g/mol. The lowest BCUT2D eigenvalue weighted by molar-refractivity contribution is -0.191. The van der Waals surface area contributed by atoms with E-state index in [9.17, 15) is 22.7 Å². The highest BCUT2D eigenvalue weighted by Gasteiger charge is 2.72. The van der Waals surface area contributed by atoms with Gasteiger partial charge in [-0.25, -0.2) is 4.39 Å². The van der Waals surface area contributed by atoms with Crippen LogP contribution in [0.25, 0.3) is 0 Å². The van der Waals surface area contributed by atoms with Crippen molar-refractivity contribution in [3.8, 4) is 5.75 Å². The zero-order chi connectivity index (χ0) is 33.9. The molecule has 3 fully saturated rings. The first kappa shape index (κ1) is 38.5. The van der Waals surface area contributed by atoms with Gasteiger partial charge in [-0.1, -0.05) is 55.8 Å². The first-order valence-corrected chi connectivity index (χ1v) is 14.4. The lowest BCUT2D eigenvalue weighted by Gasteiger charge is -2.73. The van der Waals surface area contributed by atoms with Gasteiger partial charge in [0.1, 0.15) is 12.1 Å². The van der Waals surface area contributed by atoms with Crippen LogP contribution in [0.5, 0.6) is 5.75 Å². The van der Waals surface area contributed by atoms with Gasteiger partial charge >= 0.3 is 12.3 Å². The van der Waals surface area contributed by atoms with Crippen molar-refractivity contribution < 1.29 is 37.1 Å². The minimum atomic E-state index is -4.00. The maximum atomic E-state index is 13.5. The molecule has 4 aliphatic rings. The Kier molecular flexibility index (Phi) is 13.9. The number of aldehydes is 1. The molecule has 0 saturated heterocycles. The second kappa shape index (κ2) is 16.0. The molecule has 2 aromatic carbocycles. The van der Waals surface area contributed by atoms with Crippen molar-refractivity contribution in [3.63, 3.8) is 0 Å². The van der Waals surface area contributed by atoms with Crippen molar-refractivity contribution in [3.05, 3.63) is 65.5 Å². The van der Waals surface area contributed by atoms with Gasteiger partial charge in [-0.2, -0.15) is 22.8 Å². The number of phenolic OH excluding ortho intramolecular Hbond substituents is 1. The molecule has 1 aliphatic heterocycles.